The van der Waals surface area contributed by atoms with E-state index in [1.807, 2.05) is 21.6 Å². The Balaban J connectivity index is 2.01. The molecule has 0 bridgehead atoms. The van der Waals surface area contributed by atoms with Gasteiger partial charge in [0.15, 0.2) is 0 Å². The van der Waals surface area contributed by atoms with Crippen LogP contribution in [-0.2, 0) is 10.5 Å². The van der Waals surface area contributed by atoms with Gasteiger partial charge in [-0.05, 0) is 26.3 Å². The molecule has 0 aliphatic heterocycles. The fourth-order valence-corrected chi connectivity index (χ4v) is 3.02. The van der Waals surface area contributed by atoms with E-state index < -0.39 is 0 Å². The highest BCUT2D eigenvalue weighted by molar-refractivity contribution is 8.76. The Labute approximate surface area is 107 Å². The van der Waals surface area contributed by atoms with Crippen LogP contribution in [0.2, 0.25) is 0 Å². The normalized spacial score (nSPS) is 11.7. The first-order valence-electron chi connectivity index (χ1n) is 5.50. The molecular weight excluding hydrogens is 236 g/mol. The van der Waals surface area contributed by atoms with Crippen molar-refractivity contribution in [2.45, 2.75) is 32.1 Å². The van der Waals surface area contributed by atoms with Crippen LogP contribution in [0.25, 0.3) is 0 Å². The number of hydrogen-bond acceptors (Lipinski definition) is 3. The second-order valence-corrected chi connectivity index (χ2v) is 7.11. The minimum Gasteiger partial charge on any atom is -0.375 e. The molecule has 16 heavy (non-hydrogen) atoms. The van der Waals surface area contributed by atoms with E-state index in [1.165, 1.54) is 5.56 Å². The lowest BCUT2D eigenvalue weighted by Gasteiger charge is -2.18. The summed E-state index contributed by atoms with van der Waals surface area (Å²) in [4.78, 5) is 0. The van der Waals surface area contributed by atoms with Crippen LogP contribution in [0, 0.1) is 0 Å². The quantitative estimate of drug-likeness (QED) is 0.552. The summed E-state index contributed by atoms with van der Waals surface area (Å²) in [5, 5.41) is 0. The summed E-state index contributed by atoms with van der Waals surface area (Å²) >= 11 is 0. The van der Waals surface area contributed by atoms with E-state index in [1.54, 1.807) is 0 Å². The van der Waals surface area contributed by atoms with Crippen molar-refractivity contribution >= 4 is 21.6 Å². The fourth-order valence-electron chi connectivity index (χ4n) is 1.12. The van der Waals surface area contributed by atoms with Crippen LogP contribution in [0.4, 0.5) is 0 Å². The lowest BCUT2D eigenvalue weighted by molar-refractivity contribution is 0.00703. The smallest absolute Gasteiger partial charge is 0.0598 e. The van der Waals surface area contributed by atoms with Crippen LogP contribution in [-0.4, -0.2) is 18.0 Å². The monoisotopic (exact) mass is 256 g/mol. The van der Waals surface area contributed by atoms with Gasteiger partial charge in [0.1, 0.15) is 0 Å². The maximum Gasteiger partial charge on any atom is 0.0598 e. The van der Waals surface area contributed by atoms with E-state index in [0.717, 1.165) is 18.1 Å². The Morgan fingerprint density at radius 3 is 2.38 bits per heavy atom. The second kappa shape index (κ2) is 7.25. The average molecular weight is 256 g/mol. The summed E-state index contributed by atoms with van der Waals surface area (Å²) in [6.07, 6.45) is 0. The van der Waals surface area contributed by atoms with Crippen LogP contribution in [0.15, 0.2) is 30.3 Å². The number of ether oxygens (including phenoxy) is 1. The van der Waals surface area contributed by atoms with Gasteiger partial charge >= 0.3 is 0 Å². The summed E-state index contributed by atoms with van der Waals surface area (Å²) in [7, 11) is 3.77. The van der Waals surface area contributed by atoms with Crippen LogP contribution >= 0.6 is 21.6 Å². The molecule has 0 fully saturated rings. The predicted molar refractivity (Wildman–Crippen MR) is 75.9 cm³/mol. The van der Waals surface area contributed by atoms with Gasteiger partial charge < -0.3 is 4.74 Å². The molecule has 0 unspecified atom stereocenters. The third-order valence-corrected chi connectivity index (χ3v) is 4.16. The van der Waals surface area contributed by atoms with Gasteiger partial charge in [0.05, 0.1) is 12.2 Å². The summed E-state index contributed by atoms with van der Waals surface area (Å²) in [5.74, 6) is 2.12. The lowest BCUT2D eigenvalue weighted by Crippen LogP contribution is -2.20. The summed E-state index contributed by atoms with van der Waals surface area (Å²) < 4.78 is 5.65. The third-order valence-electron chi connectivity index (χ3n) is 1.85. The van der Waals surface area contributed by atoms with Crippen molar-refractivity contribution in [1.29, 1.82) is 0 Å². The van der Waals surface area contributed by atoms with E-state index >= 15 is 0 Å². The molecule has 1 aromatic rings. The Hall–Kier alpha value is -0.120. The Kier molecular flexibility index (Phi) is 6.32. The van der Waals surface area contributed by atoms with E-state index in [4.69, 9.17) is 4.74 Å². The first kappa shape index (κ1) is 13.9. The largest absolute Gasteiger partial charge is 0.375 e. The standard InChI is InChI=1S/C13H20OS2/c1-13(2,3)14-9-10-15-16-11-12-7-5-4-6-8-12/h4-8H,9-11H2,1-3H3. The molecule has 0 N–H and O–H groups in total. The van der Waals surface area contributed by atoms with Crippen molar-refractivity contribution in [3.63, 3.8) is 0 Å². The zero-order chi connectivity index (χ0) is 11.9. The number of hydrogen-bond donors (Lipinski definition) is 0. The van der Waals surface area contributed by atoms with Crippen LogP contribution in [0.5, 0.6) is 0 Å². The van der Waals surface area contributed by atoms with Gasteiger partial charge in [-0.2, -0.15) is 0 Å². The number of benzene rings is 1. The zero-order valence-electron chi connectivity index (χ0n) is 10.2. The van der Waals surface area contributed by atoms with Gasteiger partial charge in [-0.3, -0.25) is 0 Å². The van der Waals surface area contributed by atoms with Crippen molar-refractivity contribution in [2.24, 2.45) is 0 Å². The molecule has 0 amide bonds. The Morgan fingerprint density at radius 2 is 1.75 bits per heavy atom. The molecule has 1 aromatic carbocycles. The van der Waals surface area contributed by atoms with Crippen LogP contribution in [0.1, 0.15) is 26.3 Å². The Bertz CT molecular complexity index is 280. The topological polar surface area (TPSA) is 9.23 Å². The van der Waals surface area contributed by atoms with Gasteiger partial charge in [0, 0.05) is 11.5 Å². The summed E-state index contributed by atoms with van der Waals surface area (Å²) in [6, 6.07) is 10.6. The van der Waals surface area contributed by atoms with E-state index in [-0.39, 0.29) is 5.60 Å². The maximum absolute atomic E-state index is 5.65. The molecule has 0 aliphatic rings. The maximum atomic E-state index is 5.65. The minimum atomic E-state index is -0.00927. The van der Waals surface area contributed by atoms with E-state index in [2.05, 4.69) is 51.1 Å². The highest BCUT2D eigenvalue weighted by Gasteiger charge is 2.08. The lowest BCUT2D eigenvalue weighted by atomic mass is 10.2. The van der Waals surface area contributed by atoms with Crippen molar-refractivity contribution in [1.82, 2.24) is 0 Å². The van der Waals surface area contributed by atoms with Crippen molar-refractivity contribution in [3.05, 3.63) is 35.9 Å². The molecule has 0 atom stereocenters. The highest BCUT2D eigenvalue weighted by atomic mass is 33.1. The van der Waals surface area contributed by atoms with Gasteiger partial charge in [-0.1, -0.05) is 51.9 Å². The summed E-state index contributed by atoms with van der Waals surface area (Å²) in [6.45, 7) is 7.11. The van der Waals surface area contributed by atoms with Gasteiger partial charge in [0.25, 0.3) is 0 Å². The summed E-state index contributed by atoms with van der Waals surface area (Å²) in [5.41, 5.74) is 1.38. The van der Waals surface area contributed by atoms with Crippen LogP contribution < -0.4 is 0 Å². The molecule has 0 aromatic heterocycles. The van der Waals surface area contributed by atoms with Gasteiger partial charge in [0.2, 0.25) is 0 Å². The third kappa shape index (κ3) is 7.20. The molecule has 90 valence electrons. The molecule has 0 spiro atoms. The number of rotatable bonds is 6. The van der Waals surface area contributed by atoms with Gasteiger partial charge in [-0.25, -0.2) is 0 Å². The Morgan fingerprint density at radius 1 is 1.06 bits per heavy atom. The van der Waals surface area contributed by atoms with Crippen molar-refractivity contribution in [2.75, 3.05) is 12.4 Å². The van der Waals surface area contributed by atoms with E-state index in [0.29, 0.717) is 0 Å². The average Bonchev–Trinajstić information content (AvgIpc) is 2.23. The molecule has 0 heterocycles. The minimum absolute atomic E-state index is 0.00927. The molecule has 1 rings (SSSR count). The first-order chi connectivity index (χ1) is 7.58. The SMILES string of the molecule is CC(C)(C)OCCSSCc1ccccc1. The van der Waals surface area contributed by atoms with Crippen molar-refractivity contribution in [3.8, 4) is 0 Å². The molecule has 0 saturated carbocycles. The molecule has 3 heteroatoms. The van der Waals surface area contributed by atoms with Crippen molar-refractivity contribution < 1.29 is 4.74 Å². The van der Waals surface area contributed by atoms with E-state index in [9.17, 15) is 0 Å². The van der Waals surface area contributed by atoms with Crippen LogP contribution in [0.3, 0.4) is 0 Å². The molecule has 0 radical (unpaired) electrons. The molecule has 0 saturated heterocycles. The second-order valence-electron chi connectivity index (χ2n) is 4.53. The fraction of sp³-hybridized carbons (Fsp3) is 0.538. The molecule has 0 aliphatic carbocycles. The zero-order valence-corrected chi connectivity index (χ0v) is 11.9. The first-order valence-corrected chi connectivity index (χ1v) is 7.99. The molecular formula is C13H20OS2. The highest BCUT2D eigenvalue weighted by Crippen LogP contribution is 2.25. The van der Waals surface area contributed by atoms with Gasteiger partial charge in [-0.15, -0.1) is 0 Å². The predicted octanol–water partition coefficient (Wildman–Crippen LogP) is 4.38. The molecule has 1 nitrogen and oxygen atoms in total.